The summed E-state index contributed by atoms with van der Waals surface area (Å²) in [7, 11) is 0. The predicted octanol–water partition coefficient (Wildman–Crippen LogP) is 1.57. The number of carbonyl (C=O) groups excluding carboxylic acids is 3. The molecule has 13 heavy (non-hydrogen) atoms. The number of carbonyl (C=O) groups is 3. The molecule has 0 radical (unpaired) electrons. The summed E-state index contributed by atoms with van der Waals surface area (Å²) in [5.74, 6) is -0.691. The molecule has 0 aromatic rings. The van der Waals surface area contributed by atoms with Crippen LogP contribution in [0.4, 0.5) is 4.79 Å². The molecule has 0 atom stereocenters. The van der Waals surface area contributed by atoms with Crippen molar-refractivity contribution in [3.63, 3.8) is 0 Å². The molecule has 1 rings (SSSR count). The molecule has 7 heteroatoms. The van der Waals surface area contributed by atoms with Gasteiger partial charge in [-0.15, -0.1) is 0 Å². The van der Waals surface area contributed by atoms with E-state index in [0.29, 0.717) is 6.42 Å². The first-order chi connectivity index (χ1) is 6.04. The number of amides is 4. The average molecular weight is 314 g/mol. The normalized spacial score (nSPS) is 20.3. The summed E-state index contributed by atoms with van der Waals surface area (Å²) in [6.07, 6.45) is 0.849. The van der Waals surface area contributed by atoms with Crippen molar-refractivity contribution in [2.45, 2.75) is 19.3 Å². The second-order valence-corrected chi connectivity index (χ2v) is 3.90. The van der Waals surface area contributed by atoms with Gasteiger partial charge in [-0.25, -0.2) is 4.79 Å². The van der Waals surface area contributed by atoms with Crippen LogP contribution in [-0.2, 0) is 9.59 Å². The van der Waals surface area contributed by atoms with Crippen LogP contribution >= 0.6 is 32.3 Å². The zero-order valence-electron chi connectivity index (χ0n) is 6.50. The van der Waals surface area contributed by atoms with Gasteiger partial charge in [-0.05, 0) is 6.42 Å². The number of hydrogen-bond acceptors (Lipinski definition) is 3. The first-order valence-corrected chi connectivity index (χ1v) is 4.97. The summed E-state index contributed by atoms with van der Waals surface area (Å²) in [4.78, 5) is 33.5. The van der Waals surface area contributed by atoms with Crippen molar-refractivity contribution in [3.8, 4) is 0 Å². The molecular weight excluding hydrogens is 308 g/mol. The lowest BCUT2D eigenvalue weighted by atomic mass is 10.2. The fraction of sp³-hybridized carbons (Fsp3) is 0.500. The Labute approximate surface area is 91.7 Å². The van der Waals surface area contributed by atoms with Crippen LogP contribution in [0, 0.1) is 0 Å². The van der Waals surface area contributed by atoms with Gasteiger partial charge in [-0.2, -0.15) is 7.85 Å². The van der Waals surface area contributed by atoms with Crippen LogP contribution in [0.25, 0.3) is 0 Å². The summed E-state index contributed by atoms with van der Waals surface area (Å²) < 4.78 is 1.50. The van der Waals surface area contributed by atoms with Gasteiger partial charge in [0.05, 0.1) is 32.3 Å². The minimum Gasteiger partial charge on any atom is -0.273 e. The highest BCUT2D eigenvalue weighted by Crippen LogP contribution is 2.17. The lowest BCUT2D eigenvalue weighted by molar-refractivity contribution is -0.128. The Balaban J connectivity index is 2.83. The number of hydrogen-bond donors (Lipinski definition) is 0. The molecule has 0 aromatic heterocycles. The van der Waals surface area contributed by atoms with Gasteiger partial charge in [0.25, 0.3) is 0 Å². The topological polar surface area (TPSA) is 57.7 Å². The van der Waals surface area contributed by atoms with Gasteiger partial charge < -0.3 is 0 Å². The molecule has 0 bridgehead atoms. The van der Waals surface area contributed by atoms with Crippen molar-refractivity contribution in [2.24, 2.45) is 0 Å². The molecule has 72 valence electrons. The SMILES string of the molecule is O=C1CCCC(=O)N(Br)C(=O)N1Br. The Morgan fingerprint density at radius 3 is 1.69 bits per heavy atom. The molecule has 0 N–H and O–H groups in total. The third kappa shape index (κ3) is 2.28. The summed E-state index contributed by atoms with van der Waals surface area (Å²) in [6, 6.07) is -0.713. The highest BCUT2D eigenvalue weighted by molar-refractivity contribution is 9.08. The zero-order valence-corrected chi connectivity index (χ0v) is 9.67. The molecule has 5 nitrogen and oxygen atoms in total. The molecule has 1 aliphatic rings. The molecule has 1 saturated heterocycles. The molecule has 0 unspecified atom stereocenters. The van der Waals surface area contributed by atoms with Gasteiger partial charge in [-0.1, -0.05) is 0 Å². The van der Waals surface area contributed by atoms with Crippen LogP contribution in [0.15, 0.2) is 0 Å². The van der Waals surface area contributed by atoms with Crippen LogP contribution in [0.3, 0.4) is 0 Å². The highest BCUT2D eigenvalue weighted by atomic mass is 79.9. The maximum atomic E-state index is 11.2. The van der Waals surface area contributed by atoms with Crippen molar-refractivity contribution in [3.05, 3.63) is 0 Å². The molecule has 4 amide bonds. The minimum atomic E-state index is -0.713. The smallest absolute Gasteiger partial charge is 0.273 e. The summed E-state index contributed by atoms with van der Waals surface area (Å²) in [5.41, 5.74) is 0. The Morgan fingerprint density at radius 2 is 1.31 bits per heavy atom. The molecule has 1 aliphatic heterocycles. The van der Waals surface area contributed by atoms with E-state index >= 15 is 0 Å². The molecule has 1 heterocycles. The van der Waals surface area contributed by atoms with E-state index in [9.17, 15) is 14.4 Å². The maximum absolute atomic E-state index is 11.2. The van der Waals surface area contributed by atoms with E-state index in [1.165, 1.54) is 0 Å². The number of halogens is 2. The monoisotopic (exact) mass is 312 g/mol. The number of urea groups is 1. The van der Waals surface area contributed by atoms with E-state index in [4.69, 9.17) is 0 Å². The summed E-state index contributed by atoms with van der Waals surface area (Å²) in [5, 5.41) is 0. The molecule has 1 fully saturated rings. The van der Waals surface area contributed by atoms with Gasteiger partial charge >= 0.3 is 6.03 Å². The van der Waals surface area contributed by atoms with E-state index in [0.717, 1.165) is 7.85 Å². The third-order valence-corrected chi connectivity index (χ3v) is 2.95. The standard InChI is InChI=1S/C6H6Br2N2O3/c7-9-4(11)2-1-3-5(12)10(8)6(9)13/h1-3H2. The summed E-state index contributed by atoms with van der Waals surface area (Å²) in [6.45, 7) is 0. The molecule has 0 aromatic carbocycles. The van der Waals surface area contributed by atoms with Gasteiger partial charge in [-0.3, -0.25) is 9.59 Å². The predicted molar refractivity (Wildman–Crippen MR) is 50.8 cm³/mol. The van der Waals surface area contributed by atoms with Crippen molar-refractivity contribution in [2.75, 3.05) is 0 Å². The second-order valence-electron chi connectivity index (χ2n) is 2.49. The number of nitrogens with zero attached hydrogens (tertiary/aromatic N) is 2. The summed E-state index contributed by atoms with van der Waals surface area (Å²) >= 11 is 5.56. The van der Waals surface area contributed by atoms with Gasteiger partial charge in [0, 0.05) is 12.8 Å². The van der Waals surface area contributed by atoms with E-state index in [2.05, 4.69) is 32.3 Å². The highest BCUT2D eigenvalue weighted by Gasteiger charge is 2.29. The first-order valence-electron chi connectivity index (χ1n) is 3.55. The fourth-order valence-electron chi connectivity index (χ4n) is 0.878. The van der Waals surface area contributed by atoms with Gasteiger partial charge in [0.1, 0.15) is 0 Å². The second kappa shape index (κ2) is 4.19. The Bertz CT molecular complexity index is 245. The quantitative estimate of drug-likeness (QED) is 0.638. The van der Waals surface area contributed by atoms with Crippen LogP contribution in [-0.4, -0.2) is 25.7 Å². The van der Waals surface area contributed by atoms with Crippen LogP contribution in [0.5, 0.6) is 0 Å². The lowest BCUT2D eigenvalue weighted by Crippen LogP contribution is -2.40. The third-order valence-electron chi connectivity index (χ3n) is 1.56. The minimum absolute atomic E-state index is 0.198. The van der Waals surface area contributed by atoms with Crippen LogP contribution < -0.4 is 0 Å². The first kappa shape index (κ1) is 10.6. The van der Waals surface area contributed by atoms with E-state index in [-0.39, 0.29) is 24.7 Å². The van der Waals surface area contributed by atoms with Gasteiger partial charge in [0.15, 0.2) is 0 Å². The fourth-order valence-corrected chi connectivity index (χ4v) is 1.76. The van der Waals surface area contributed by atoms with E-state index < -0.39 is 6.03 Å². The van der Waals surface area contributed by atoms with Crippen LogP contribution in [0.2, 0.25) is 0 Å². The van der Waals surface area contributed by atoms with Crippen LogP contribution in [0.1, 0.15) is 19.3 Å². The largest absolute Gasteiger partial charge is 0.354 e. The molecule has 0 aliphatic carbocycles. The maximum Gasteiger partial charge on any atom is 0.354 e. The van der Waals surface area contributed by atoms with Crippen molar-refractivity contribution in [1.82, 2.24) is 7.85 Å². The number of imide groups is 2. The number of rotatable bonds is 0. The van der Waals surface area contributed by atoms with Gasteiger partial charge in [0.2, 0.25) is 11.8 Å². The van der Waals surface area contributed by atoms with Crippen molar-refractivity contribution >= 4 is 50.1 Å². The molecule has 0 saturated carbocycles. The molecular formula is C6H6Br2N2O3. The zero-order chi connectivity index (χ0) is 10.0. The molecule has 0 spiro atoms. The van der Waals surface area contributed by atoms with Crippen molar-refractivity contribution < 1.29 is 14.4 Å². The Kier molecular flexibility index (Phi) is 3.43. The van der Waals surface area contributed by atoms with E-state index in [1.54, 1.807) is 0 Å². The lowest BCUT2D eigenvalue weighted by Gasteiger charge is -2.20. The average Bonchev–Trinajstić information content (AvgIpc) is 2.12. The Hall–Kier alpha value is -0.430. The Morgan fingerprint density at radius 1 is 0.923 bits per heavy atom. The van der Waals surface area contributed by atoms with E-state index in [1.807, 2.05) is 0 Å². The van der Waals surface area contributed by atoms with Crippen molar-refractivity contribution in [1.29, 1.82) is 0 Å².